The Morgan fingerprint density at radius 1 is 1.33 bits per heavy atom. The van der Waals surface area contributed by atoms with Gasteiger partial charge >= 0.3 is 12.0 Å². The summed E-state index contributed by atoms with van der Waals surface area (Å²) in [4.78, 5) is 38.7. The predicted octanol–water partition coefficient (Wildman–Crippen LogP) is 0.502. The van der Waals surface area contributed by atoms with Gasteiger partial charge in [-0.05, 0) is 25.7 Å². The molecule has 2 N–H and O–H groups in total. The van der Waals surface area contributed by atoms with E-state index in [9.17, 15) is 19.5 Å². The second-order valence-electron chi connectivity index (χ2n) is 5.79. The molecule has 0 aromatic rings. The molecule has 3 atom stereocenters. The number of urea groups is 1. The number of carbonyl (C=O) groups is 3. The van der Waals surface area contributed by atoms with Crippen LogP contribution in [0.2, 0.25) is 0 Å². The lowest BCUT2D eigenvalue weighted by Gasteiger charge is -2.42. The Morgan fingerprint density at radius 2 is 2.05 bits per heavy atom. The van der Waals surface area contributed by atoms with Crippen molar-refractivity contribution in [3.05, 3.63) is 0 Å². The molecule has 2 aliphatic rings. The Morgan fingerprint density at radius 3 is 2.67 bits per heavy atom. The molecule has 2 fully saturated rings. The molecule has 2 aliphatic heterocycles. The topological polar surface area (TPSA) is 90.0 Å². The monoisotopic (exact) mass is 297 g/mol. The molecule has 118 valence electrons. The highest BCUT2D eigenvalue weighted by molar-refractivity contribution is 5.89. The molecule has 0 bridgehead atoms. The molecule has 0 spiro atoms. The highest BCUT2D eigenvalue weighted by Gasteiger charge is 2.40. The van der Waals surface area contributed by atoms with E-state index in [1.165, 1.54) is 9.80 Å². The zero-order valence-electron chi connectivity index (χ0n) is 12.5. The van der Waals surface area contributed by atoms with E-state index in [4.69, 9.17) is 0 Å². The second-order valence-corrected chi connectivity index (χ2v) is 5.79. The van der Waals surface area contributed by atoms with Crippen molar-refractivity contribution in [1.82, 2.24) is 15.1 Å². The van der Waals surface area contributed by atoms with Crippen molar-refractivity contribution in [3.63, 3.8) is 0 Å². The van der Waals surface area contributed by atoms with Crippen LogP contribution in [0.25, 0.3) is 0 Å². The van der Waals surface area contributed by atoms with Gasteiger partial charge in [0.2, 0.25) is 5.91 Å². The van der Waals surface area contributed by atoms with E-state index in [1.54, 1.807) is 6.92 Å². The van der Waals surface area contributed by atoms with Gasteiger partial charge in [0, 0.05) is 19.6 Å². The van der Waals surface area contributed by atoms with E-state index in [-0.39, 0.29) is 11.9 Å². The van der Waals surface area contributed by atoms with Crippen molar-refractivity contribution in [2.45, 2.75) is 45.2 Å². The van der Waals surface area contributed by atoms with Crippen LogP contribution in [0.3, 0.4) is 0 Å². The average molecular weight is 297 g/mol. The zero-order chi connectivity index (χ0) is 15.6. The fourth-order valence-electron chi connectivity index (χ4n) is 3.08. The average Bonchev–Trinajstić information content (AvgIpc) is 2.48. The normalized spacial score (nSPS) is 30.0. The third-order valence-corrected chi connectivity index (χ3v) is 4.56. The third kappa shape index (κ3) is 3.11. The van der Waals surface area contributed by atoms with Crippen molar-refractivity contribution in [2.24, 2.45) is 5.92 Å². The number of carbonyl (C=O) groups excluding carboxylic acids is 2. The van der Waals surface area contributed by atoms with Crippen LogP contribution in [0.1, 0.15) is 33.1 Å². The van der Waals surface area contributed by atoms with Crippen molar-refractivity contribution >= 4 is 17.9 Å². The Kier molecular flexibility index (Phi) is 4.69. The first-order valence-electron chi connectivity index (χ1n) is 7.53. The molecule has 0 saturated carbocycles. The van der Waals surface area contributed by atoms with E-state index in [0.29, 0.717) is 32.0 Å². The number of amides is 3. The Bertz CT molecular complexity index is 440. The van der Waals surface area contributed by atoms with Gasteiger partial charge in [0.15, 0.2) is 0 Å². The molecule has 7 nitrogen and oxygen atoms in total. The molecule has 2 rings (SSSR count). The quantitative estimate of drug-likeness (QED) is 0.776. The largest absolute Gasteiger partial charge is 0.480 e. The Labute approximate surface area is 124 Å². The van der Waals surface area contributed by atoms with Crippen molar-refractivity contribution in [3.8, 4) is 0 Å². The van der Waals surface area contributed by atoms with Crippen LogP contribution in [-0.4, -0.2) is 64.5 Å². The molecule has 3 amide bonds. The summed E-state index contributed by atoms with van der Waals surface area (Å²) < 4.78 is 0. The van der Waals surface area contributed by atoms with E-state index < -0.39 is 18.1 Å². The van der Waals surface area contributed by atoms with Crippen LogP contribution in [0.15, 0.2) is 0 Å². The highest BCUT2D eigenvalue weighted by Crippen LogP contribution is 2.27. The van der Waals surface area contributed by atoms with E-state index in [1.807, 2.05) is 6.92 Å². The second kappa shape index (κ2) is 6.32. The number of likely N-dealkylation sites (tertiary alicyclic amines) is 1. The predicted molar refractivity (Wildman–Crippen MR) is 75.7 cm³/mol. The Hall–Kier alpha value is -1.79. The lowest BCUT2D eigenvalue weighted by atomic mass is 9.89. The van der Waals surface area contributed by atoms with Gasteiger partial charge in [0.1, 0.15) is 12.1 Å². The fraction of sp³-hybridized carbons (Fsp3) is 0.786. The first kappa shape index (κ1) is 15.6. The van der Waals surface area contributed by atoms with Gasteiger partial charge in [0.05, 0.1) is 0 Å². The van der Waals surface area contributed by atoms with Gasteiger partial charge in [0.25, 0.3) is 0 Å². The Balaban J connectivity index is 2.13. The minimum atomic E-state index is -0.962. The van der Waals surface area contributed by atoms with Crippen molar-refractivity contribution < 1.29 is 19.5 Å². The minimum Gasteiger partial charge on any atom is -0.480 e. The summed E-state index contributed by atoms with van der Waals surface area (Å²) in [5.41, 5.74) is 0. The smallest absolute Gasteiger partial charge is 0.326 e. The maximum absolute atomic E-state index is 12.6. The third-order valence-electron chi connectivity index (χ3n) is 4.56. The van der Waals surface area contributed by atoms with Crippen LogP contribution in [0, 0.1) is 5.92 Å². The summed E-state index contributed by atoms with van der Waals surface area (Å²) in [5, 5.41) is 12.1. The number of nitrogens with one attached hydrogen (secondary N) is 1. The molecule has 2 saturated heterocycles. The molecule has 0 aromatic carbocycles. The van der Waals surface area contributed by atoms with Crippen LogP contribution in [0.5, 0.6) is 0 Å². The lowest BCUT2D eigenvalue weighted by molar-refractivity contribution is -0.144. The van der Waals surface area contributed by atoms with Crippen molar-refractivity contribution in [2.75, 3.05) is 19.6 Å². The van der Waals surface area contributed by atoms with Gasteiger partial charge in [-0.1, -0.05) is 13.3 Å². The molecule has 3 unspecified atom stereocenters. The number of aliphatic carboxylic acids is 1. The van der Waals surface area contributed by atoms with Gasteiger partial charge in [-0.15, -0.1) is 0 Å². The molecule has 0 aliphatic carbocycles. The van der Waals surface area contributed by atoms with Crippen LogP contribution in [0.4, 0.5) is 4.79 Å². The van der Waals surface area contributed by atoms with Crippen LogP contribution >= 0.6 is 0 Å². The minimum absolute atomic E-state index is 0.190. The maximum Gasteiger partial charge on any atom is 0.326 e. The molecule has 7 heteroatoms. The first-order chi connectivity index (χ1) is 9.95. The summed E-state index contributed by atoms with van der Waals surface area (Å²) in [5.74, 6) is -0.808. The number of hydrogen-bond acceptors (Lipinski definition) is 3. The van der Waals surface area contributed by atoms with Crippen LogP contribution < -0.4 is 5.32 Å². The van der Waals surface area contributed by atoms with Crippen LogP contribution in [-0.2, 0) is 9.59 Å². The van der Waals surface area contributed by atoms with Gasteiger partial charge in [-0.25, -0.2) is 9.59 Å². The summed E-state index contributed by atoms with van der Waals surface area (Å²) in [6.45, 7) is 4.99. The van der Waals surface area contributed by atoms with E-state index in [2.05, 4.69) is 5.32 Å². The first-order valence-corrected chi connectivity index (χ1v) is 7.53. The number of rotatable bonds is 2. The molecular weight excluding hydrogens is 274 g/mol. The van der Waals surface area contributed by atoms with Gasteiger partial charge < -0.3 is 20.2 Å². The zero-order valence-corrected chi connectivity index (χ0v) is 12.5. The van der Waals surface area contributed by atoms with Gasteiger partial charge in [-0.2, -0.15) is 0 Å². The number of nitrogens with zero attached hydrogens (tertiary/aromatic N) is 2. The van der Waals surface area contributed by atoms with E-state index >= 15 is 0 Å². The number of hydrogen-bond donors (Lipinski definition) is 2. The summed E-state index contributed by atoms with van der Waals surface area (Å²) in [7, 11) is 0. The molecule has 2 heterocycles. The summed E-state index contributed by atoms with van der Waals surface area (Å²) in [6, 6.07) is -1.67. The van der Waals surface area contributed by atoms with E-state index in [0.717, 1.165) is 12.8 Å². The molecule has 0 aromatic heterocycles. The number of carboxylic acids is 1. The summed E-state index contributed by atoms with van der Waals surface area (Å²) in [6.07, 6.45) is 2.24. The molecule has 0 radical (unpaired) electrons. The standard InChI is InChI=1S/C14H23N3O4/c1-3-10-4-6-17(11(8-10)13(19)20)14(21)16-7-5-15-12(18)9(16)2/h9-11H,3-8H2,1-2H3,(H,15,18)(H,19,20). The van der Waals surface area contributed by atoms with Gasteiger partial charge in [-0.3, -0.25) is 4.79 Å². The van der Waals surface area contributed by atoms with Crippen molar-refractivity contribution in [1.29, 1.82) is 0 Å². The SMILES string of the molecule is CCC1CCN(C(=O)N2CCNC(=O)C2C)C(C(=O)O)C1. The number of carboxylic acid groups (broad SMARTS) is 1. The fourth-order valence-corrected chi connectivity index (χ4v) is 3.08. The summed E-state index contributed by atoms with van der Waals surface area (Å²) >= 11 is 0. The number of piperazine rings is 1. The lowest BCUT2D eigenvalue weighted by Crippen LogP contribution is -2.62. The highest BCUT2D eigenvalue weighted by atomic mass is 16.4. The number of piperidine rings is 1. The molecular formula is C14H23N3O4. The maximum atomic E-state index is 12.6. The molecule has 21 heavy (non-hydrogen) atoms.